The Labute approximate surface area is 100 Å². The number of rotatable bonds is 3. The summed E-state index contributed by atoms with van der Waals surface area (Å²) in [6, 6.07) is 0.538. The Morgan fingerprint density at radius 1 is 1.41 bits per heavy atom. The molecule has 6 heteroatoms. The SMILES string of the molecule is O=C(Cc1nncn1C1CC1)N1CCNCC1. The van der Waals surface area contributed by atoms with Crippen LogP contribution in [0.3, 0.4) is 0 Å². The molecule has 6 nitrogen and oxygen atoms in total. The average molecular weight is 235 g/mol. The number of nitrogens with zero attached hydrogens (tertiary/aromatic N) is 4. The van der Waals surface area contributed by atoms with Crippen LogP contribution in [0.1, 0.15) is 24.7 Å². The molecule has 2 heterocycles. The third-order valence-corrected chi connectivity index (χ3v) is 3.37. The molecule has 0 atom stereocenters. The van der Waals surface area contributed by atoms with E-state index < -0.39 is 0 Å². The molecule has 1 aromatic rings. The first-order valence-electron chi connectivity index (χ1n) is 6.21. The number of hydrogen-bond donors (Lipinski definition) is 1. The monoisotopic (exact) mass is 235 g/mol. The van der Waals surface area contributed by atoms with E-state index in [-0.39, 0.29) is 5.91 Å². The van der Waals surface area contributed by atoms with Gasteiger partial charge in [0.15, 0.2) is 0 Å². The van der Waals surface area contributed by atoms with Crippen molar-refractivity contribution in [1.82, 2.24) is 25.0 Å². The number of amides is 1. The van der Waals surface area contributed by atoms with Gasteiger partial charge >= 0.3 is 0 Å². The third-order valence-electron chi connectivity index (χ3n) is 3.37. The Balaban J connectivity index is 1.64. The smallest absolute Gasteiger partial charge is 0.230 e. The van der Waals surface area contributed by atoms with Crippen LogP contribution >= 0.6 is 0 Å². The van der Waals surface area contributed by atoms with Crippen molar-refractivity contribution in [2.75, 3.05) is 26.2 Å². The van der Waals surface area contributed by atoms with Crippen LogP contribution in [-0.2, 0) is 11.2 Å². The molecule has 17 heavy (non-hydrogen) atoms. The van der Waals surface area contributed by atoms with Gasteiger partial charge in [0.1, 0.15) is 12.2 Å². The molecule has 0 unspecified atom stereocenters. The van der Waals surface area contributed by atoms with Gasteiger partial charge in [0.25, 0.3) is 0 Å². The lowest BCUT2D eigenvalue weighted by molar-refractivity contribution is -0.131. The lowest BCUT2D eigenvalue weighted by Gasteiger charge is -2.27. The number of carbonyl (C=O) groups excluding carboxylic acids is 1. The summed E-state index contributed by atoms with van der Waals surface area (Å²) in [5.74, 6) is 0.984. The minimum atomic E-state index is 0.168. The molecule has 1 aliphatic heterocycles. The van der Waals surface area contributed by atoms with Gasteiger partial charge < -0.3 is 14.8 Å². The average Bonchev–Trinajstić information content (AvgIpc) is 3.11. The van der Waals surface area contributed by atoms with Crippen molar-refractivity contribution in [2.24, 2.45) is 0 Å². The lowest BCUT2D eigenvalue weighted by atomic mass is 10.3. The minimum absolute atomic E-state index is 0.168. The van der Waals surface area contributed by atoms with E-state index in [4.69, 9.17) is 0 Å². The Hall–Kier alpha value is -1.43. The normalized spacial score (nSPS) is 20.6. The van der Waals surface area contributed by atoms with Gasteiger partial charge in [0.2, 0.25) is 5.91 Å². The van der Waals surface area contributed by atoms with Gasteiger partial charge in [-0.25, -0.2) is 0 Å². The molecule has 0 radical (unpaired) electrons. The van der Waals surface area contributed by atoms with Gasteiger partial charge in [-0.1, -0.05) is 0 Å². The molecule has 1 saturated heterocycles. The highest BCUT2D eigenvalue weighted by molar-refractivity contribution is 5.78. The van der Waals surface area contributed by atoms with Crippen molar-refractivity contribution >= 4 is 5.91 Å². The highest BCUT2D eigenvalue weighted by Gasteiger charge is 2.27. The largest absolute Gasteiger partial charge is 0.340 e. The van der Waals surface area contributed by atoms with Gasteiger partial charge in [0.05, 0.1) is 6.42 Å². The summed E-state index contributed by atoms with van der Waals surface area (Å²) >= 11 is 0. The van der Waals surface area contributed by atoms with E-state index in [1.54, 1.807) is 6.33 Å². The van der Waals surface area contributed by atoms with E-state index in [0.29, 0.717) is 12.5 Å². The molecule has 1 aromatic heterocycles. The molecular weight excluding hydrogens is 218 g/mol. The summed E-state index contributed by atoms with van der Waals surface area (Å²) in [5.41, 5.74) is 0. The zero-order chi connectivity index (χ0) is 11.7. The number of hydrogen-bond acceptors (Lipinski definition) is 4. The van der Waals surface area contributed by atoms with Crippen LogP contribution in [0.2, 0.25) is 0 Å². The standard InChI is InChI=1S/C11H17N5O/c17-11(15-5-3-12-4-6-15)7-10-14-13-8-16(10)9-1-2-9/h8-9,12H,1-7H2. The maximum Gasteiger partial charge on any atom is 0.230 e. The first kappa shape index (κ1) is 10.7. The number of nitrogens with one attached hydrogen (secondary N) is 1. The van der Waals surface area contributed by atoms with Crippen LogP contribution in [0.25, 0.3) is 0 Å². The molecule has 1 aliphatic carbocycles. The molecule has 1 saturated carbocycles. The predicted molar refractivity (Wildman–Crippen MR) is 61.4 cm³/mol. The molecule has 1 amide bonds. The second kappa shape index (κ2) is 4.44. The third kappa shape index (κ3) is 2.31. The van der Waals surface area contributed by atoms with Gasteiger partial charge in [0, 0.05) is 32.2 Å². The van der Waals surface area contributed by atoms with Crippen LogP contribution < -0.4 is 5.32 Å². The van der Waals surface area contributed by atoms with Crippen LogP contribution in [0.15, 0.2) is 6.33 Å². The van der Waals surface area contributed by atoms with E-state index in [0.717, 1.165) is 32.0 Å². The van der Waals surface area contributed by atoms with Crippen molar-refractivity contribution in [1.29, 1.82) is 0 Å². The van der Waals surface area contributed by atoms with Crippen molar-refractivity contribution in [2.45, 2.75) is 25.3 Å². The molecule has 2 aliphatic rings. The van der Waals surface area contributed by atoms with E-state index in [1.807, 2.05) is 4.90 Å². The molecule has 92 valence electrons. The number of aromatic nitrogens is 3. The molecular formula is C11H17N5O. The van der Waals surface area contributed by atoms with E-state index in [9.17, 15) is 4.79 Å². The summed E-state index contributed by atoms with van der Waals surface area (Å²) in [5, 5.41) is 11.2. The fourth-order valence-corrected chi connectivity index (χ4v) is 2.21. The summed E-state index contributed by atoms with van der Waals surface area (Å²) in [6.45, 7) is 3.38. The Bertz CT molecular complexity index is 406. The summed E-state index contributed by atoms with van der Waals surface area (Å²) in [7, 11) is 0. The second-order valence-corrected chi connectivity index (χ2v) is 4.69. The Morgan fingerprint density at radius 3 is 2.88 bits per heavy atom. The summed E-state index contributed by atoms with van der Waals surface area (Å²) in [6.07, 6.45) is 4.51. The topological polar surface area (TPSA) is 63.1 Å². The lowest BCUT2D eigenvalue weighted by Crippen LogP contribution is -2.47. The van der Waals surface area contributed by atoms with Gasteiger partial charge in [-0.2, -0.15) is 0 Å². The number of carbonyl (C=O) groups is 1. The van der Waals surface area contributed by atoms with E-state index in [2.05, 4.69) is 20.1 Å². The van der Waals surface area contributed by atoms with Crippen molar-refractivity contribution in [3.63, 3.8) is 0 Å². The van der Waals surface area contributed by atoms with Gasteiger partial charge in [-0.3, -0.25) is 4.79 Å². The molecule has 3 rings (SSSR count). The Kier molecular flexibility index (Phi) is 2.80. The zero-order valence-electron chi connectivity index (χ0n) is 9.80. The quantitative estimate of drug-likeness (QED) is 0.773. The summed E-state index contributed by atoms with van der Waals surface area (Å²) < 4.78 is 2.06. The molecule has 0 bridgehead atoms. The van der Waals surface area contributed by atoms with E-state index >= 15 is 0 Å². The molecule has 1 N–H and O–H groups in total. The van der Waals surface area contributed by atoms with Crippen molar-refractivity contribution in [3.8, 4) is 0 Å². The minimum Gasteiger partial charge on any atom is -0.340 e. The Morgan fingerprint density at radius 2 is 2.18 bits per heavy atom. The van der Waals surface area contributed by atoms with Crippen LogP contribution in [-0.4, -0.2) is 51.8 Å². The molecule has 0 aromatic carbocycles. The maximum atomic E-state index is 12.1. The highest BCUT2D eigenvalue weighted by Crippen LogP contribution is 2.35. The highest BCUT2D eigenvalue weighted by atomic mass is 16.2. The van der Waals surface area contributed by atoms with Crippen LogP contribution in [0.5, 0.6) is 0 Å². The zero-order valence-corrected chi connectivity index (χ0v) is 9.80. The fourth-order valence-electron chi connectivity index (χ4n) is 2.21. The summed E-state index contributed by atoms with van der Waals surface area (Å²) in [4.78, 5) is 14.0. The van der Waals surface area contributed by atoms with Crippen molar-refractivity contribution < 1.29 is 4.79 Å². The fraction of sp³-hybridized carbons (Fsp3) is 0.727. The van der Waals surface area contributed by atoms with Crippen LogP contribution in [0, 0.1) is 0 Å². The maximum absolute atomic E-state index is 12.1. The number of piperazine rings is 1. The molecule has 0 spiro atoms. The van der Waals surface area contributed by atoms with Crippen molar-refractivity contribution in [3.05, 3.63) is 12.2 Å². The van der Waals surface area contributed by atoms with Crippen LogP contribution in [0.4, 0.5) is 0 Å². The predicted octanol–water partition coefficient (Wildman–Crippen LogP) is -0.413. The van der Waals surface area contributed by atoms with Gasteiger partial charge in [-0.05, 0) is 12.8 Å². The van der Waals surface area contributed by atoms with Gasteiger partial charge in [-0.15, -0.1) is 10.2 Å². The van der Waals surface area contributed by atoms with E-state index in [1.165, 1.54) is 12.8 Å². The first-order chi connectivity index (χ1) is 8.34. The second-order valence-electron chi connectivity index (χ2n) is 4.69. The first-order valence-corrected chi connectivity index (χ1v) is 6.21. The molecule has 2 fully saturated rings.